The van der Waals surface area contributed by atoms with Gasteiger partial charge in [0, 0.05) is 12.6 Å². The Kier molecular flexibility index (Phi) is 2.38. The second kappa shape index (κ2) is 3.94. The molecule has 0 aliphatic rings. The van der Waals surface area contributed by atoms with Gasteiger partial charge in [-0.15, -0.1) is 10.2 Å². The Morgan fingerprint density at radius 1 is 1.26 bits per heavy atom. The predicted octanol–water partition coefficient (Wildman–Crippen LogP) is 1.48. The molecule has 0 unspecified atom stereocenters. The highest BCUT2D eigenvalue weighted by Crippen LogP contribution is 2.23. The number of nitrogens with zero attached hydrogens (tertiary/aromatic N) is 3. The quantitative estimate of drug-likeness (QED) is 0.712. The lowest BCUT2D eigenvalue weighted by molar-refractivity contribution is 0.528. The summed E-state index contributed by atoms with van der Waals surface area (Å²) in [5.41, 5.74) is 9.30. The highest BCUT2D eigenvalue weighted by Gasteiger charge is 2.09. The summed E-state index contributed by atoms with van der Waals surface area (Å²) in [6, 6.07) is 7.32. The first-order valence-electron chi connectivity index (χ1n) is 5.76. The summed E-state index contributed by atoms with van der Waals surface area (Å²) in [5.74, 6) is 0.0304. The van der Waals surface area contributed by atoms with Crippen LogP contribution in [0.2, 0.25) is 0 Å². The maximum Gasteiger partial charge on any atom is 0.419 e. The third-order valence-corrected chi connectivity index (χ3v) is 3.11. The molecule has 0 fully saturated rings. The Bertz CT molecular complexity index is 832. The van der Waals surface area contributed by atoms with Crippen LogP contribution in [0.25, 0.3) is 22.4 Å². The third-order valence-electron chi connectivity index (χ3n) is 3.11. The zero-order valence-corrected chi connectivity index (χ0v) is 10.5. The molecule has 0 radical (unpaired) electrons. The summed E-state index contributed by atoms with van der Waals surface area (Å²) in [4.78, 5) is 11.4. The number of aromatic nitrogens is 3. The van der Waals surface area contributed by atoms with Crippen LogP contribution >= 0.6 is 0 Å². The average Bonchev–Trinajstić information content (AvgIpc) is 2.68. The van der Waals surface area contributed by atoms with Crippen molar-refractivity contribution in [2.24, 2.45) is 7.05 Å². The molecule has 1 aromatic carbocycles. The first-order chi connectivity index (χ1) is 9.06. The van der Waals surface area contributed by atoms with Crippen LogP contribution < -0.4 is 11.5 Å². The second-order valence-electron chi connectivity index (χ2n) is 4.41. The first-order valence-corrected chi connectivity index (χ1v) is 5.76. The molecule has 2 aromatic heterocycles. The summed E-state index contributed by atoms with van der Waals surface area (Å²) >= 11 is 0. The molecule has 3 aromatic rings. The Balaban J connectivity index is 2.20. The van der Waals surface area contributed by atoms with Crippen molar-refractivity contribution in [1.82, 2.24) is 14.8 Å². The zero-order chi connectivity index (χ0) is 13.6. The van der Waals surface area contributed by atoms with Crippen molar-refractivity contribution in [3.05, 3.63) is 40.4 Å². The van der Waals surface area contributed by atoms with E-state index in [1.807, 2.05) is 25.1 Å². The Morgan fingerprint density at radius 2 is 2.05 bits per heavy atom. The number of oxazole rings is 1. The first kappa shape index (κ1) is 11.5. The van der Waals surface area contributed by atoms with Crippen molar-refractivity contribution in [2.45, 2.75) is 6.92 Å². The Morgan fingerprint density at radius 3 is 2.79 bits per heavy atom. The van der Waals surface area contributed by atoms with Gasteiger partial charge in [0.05, 0.1) is 11.2 Å². The molecule has 0 amide bonds. The van der Waals surface area contributed by atoms with Crippen LogP contribution in [0, 0.1) is 6.92 Å². The molecule has 0 saturated carbocycles. The lowest BCUT2D eigenvalue weighted by Crippen LogP contribution is -2.08. The highest BCUT2D eigenvalue weighted by atomic mass is 16.4. The molecule has 19 heavy (non-hydrogen) atoms. The SMILES string of the molecule is Cc1cc(-c2ccc3c(c2)oc(=O)n3C)nnc1N. The van der Waals surface area contributed by atoms with E-state index in [0.29, 0.717) is 17.1 Å². The van der Waals surface area contributed by atoms with Crippen LogP contribution in [0.15, 0.2) is 33.5 Å². The van der Waals surface area contributed by atoms with Gasteiger partial charge in [0.1, 0.15) is 5.82 Å². The van der Waals surface area contributed by atoms with E-state index >= 15 is 0 Å². The molecule has 96 valence electrons. The van der Waals surface area contributed by atoms with E-state index in [1.54, 1.807) is 13.1 Å². The molecule has 0 spiro atoms. The van der Waals surface area contributed by atoms with Crippen molar-refractivity contribution in [3.63, 3.8) is 0 Å². The fourth-order valence-corrected chi connectivity index (χ4v) is 1.93. The largest absolute Gasteiger partial charge is 0.419 e. The van der Waals surface area contributed by atoms with Gasteiger partial charge in [0.2, 0.25) is 0 Å². The van der Waals surface area contributed by atoms with E-state index in [2.05, 4.69) is 10.2 Å². The van der Waals surface area contributed by atoms with Gasteiger partial charge in [-0.25, -0.2) is 4.79 Å². The minimum Gasteiger partial charge on any atom is -0.408 e. The van der Waals surface area contributed by atoms with Crippen LogP contribution in [0.4, 0.5) is 5.82 Å². The van der Waals surface area contributed by atoms with Gasteiger partial charge in [-0.1, -0.05) is 6.07 Å². The fraction of sp³-hybridized carbons (Fsp3) is 0.154. The van der Waals surface area contributed by atoms with Crippen LogP contribution in [0.5, 0.6) is 0 Å². The van der Waals surface area contributed by atoms with Gasteiger partial charge < -0.3 is 10.2 Å². The van der Waals surface area contributed by atoms with Crippen molar-refractivity contribution in [3.8, 4) is 11.3 Å². The number of nitrogens with two attached hydrogens (primary N) is 1. The van der Waals surface area contributed by atoms with Gasteiger partial charge in [-0.05, 0) is 30.7 Å². The molecule has 3 rings (SSSR count). The van der Waals surface area contributed by atoms with E-state index < -0.39 is 0 Å². The number of aryl methyl sites for hydroxylation is 2. The van der Waals surface area contributed by atoms with Gasteiger partial charge in [0.15, 0.2) is 5.58 Å². The van der Waals surface area contributed by atoms with Crippen molar-refractivity contribution in [1.29, 1.82) is 0 Å². The van der Waals surface area contributed by atoms with Gasteiger partial charge in [-0.3, -0.25) is 4.57 Å². The number of fused-ring (bicyclic) bond motifs is 1. The van der Waals surface area contributed by atoms with Crippen molar-refractivity contribution < 1.29 is 4.42 Å². The summed E-state index contributed by atoms with van der Waals surface area (Å²) < 4.78 is 6.61. The van der Waals surface area contributed by atoms with Gasteiger partial charge in [0.25, 0.3) is 0 Å². The van der Waals surface area contributed by atoms with E-state index in [4.69, 9.17) is 10.2 Å². The Hall–Kier alpha value is -2.63. The van der Waals surface area contributed by atoms with E-state index in [1.165, 1.54) is 4.57 Å². The standard InChI is InChI=1S/C13H12N4O2/c1-7-5-9(15-16-12(7)14)8-3-4-10-11(6-8)19-13(18)17(10)2/h3-6H,1-2H3,(H2,14,16). The van der Waals surface area contributed by atoms with E-state index in [-0.39, 0.29) is 5.76 Å². The van der Waals surface area contributed by atoms with E-state index in [0.717, 1.165) is 16.6 Å². The molecular weight excluding hydrogens is 244 g/mol. The maximum atomic E-state index is 11.4. The number of hydrogen-bond acceptors (Lipinski definition) is 5. The molecule has 2 N–H and O–H groups in total. The topological polar surface area (TPSA) is 86.9 Å². The van der Waals surface area contributed by atoms with Crippen LogP contribution in [0.3, 0.4) is 0 Å². The molecule has 0 bridgehead atoms. The number of benzene rings is 1. The summed E-state index contributed by atoms with van der Waals surface area (Å²) in [5, 5.41) is 7.93. The minimum atomic E-state index is -0.383. The number of nitrogen functional groups attached to an aromatic ring is 1. The average molecular weight is 256 g/mol. The molecule has 0 atom stereocenters. The lowest BCUT2D eigenvalue weighted by atomic mass is 10.1. The number of anilines is 1. The molecule has 0 saturated heterocycles. The monoisotopic (exact) mass is 256 g/mol. The van der Waals surface area contributed by atoms with Crippen LogP contribution in [0.1, 0.15) is 5.56 Å². The Labute approximate surface area is 108 Å². The molecule has 2 heterocycles. The third kappa shape index (κ3) is 1.77. The lowest BCUT2D eigenvalue weighted by Gasteiger charge is -2.03. The summed E-state index contributed by atoms with van der Waals surface area (Å²) in [7, 11) is 1.67. The van der Waals surface area contributed by atoms with Crippen molar-refractivity contribution in [2.75, 3.05) is 5.73 Å². The number of hydrogen-bond donors (Lipinski definition) is 1. The minimum absolute atomic E-state index is 0.383. The summed E-state index contributed by atoms with van der Waals surface area (Å²) in [6.07, 6.45) is 0. The summed E-state index contributed by atoms with van der Waals surface area (Å²) in [6.45, 7) is 1.87. The molecule has 0 aliphatic carbocycles. The molecular formula is C13H12N4O2. The predicted molar refractivity (Wildman–Crippen MR) is 71.6 cm³/mol. The molecule has 6 heteroatoms. The molecule has 0 aliphatic heterocycles. The van der Waals surface area contributed by atoms with E-state index in [9.17, 15) is 4.79 Å². The smallest absolute Gasteiger partial charge is 0.408 e. The van der Waals surface area contributed by atoms with Crippen molar-refractivity contribution >= 4 is 16.9 Å². The van der Waals surface area contributed by atoms with Crippen LogP contribution in [-0.2, 0) is 7.05 Å². The number of rotatable bonds is 1. The molecule has 6 nitrogen and oxygen atoms in total. The zero-order valence-electron chi connectivity index (χ0n) is 10.5. The fourth-order valence-electron chi connectivity index (χ4n) is 1.93. The normalized spacial score (nSPS) is 11.1. The maximum absolute atomic E-state index is 11.4. The van der Waals surface area contributed by atoms with Gasteiger partial charge in [-0.2, -0.15) is 0 Å². The highest BCUT2D eigenvalue weighted by molar-refractivity contribution is 5.79. The van der Waals surface area contributed by atoms with Crippen LogP contribution in [-0.4, -0.2) is 14.8 Å². The second-order valence-corrected chi connectivity index (χ2v) is 4.41. The van der Waals surface area contributed by atoms with Gasteiger partial charge >= 0.3 is 5.76 Å².